The highest BCUT2D eigenvalue weighted by Gasteiger charge is 2.20. The van der Waals surface area contributed by atoms with Crippen LogP contribution in [0.3, 0.4) is 0 Å². The Bertz CT molecular complexity index is 542. The second-order valence-electron chi connectivity index (χ2n) is 5.11. The van der Waals surface area contributed by atoms with Crippen molar-refractivity contribution in [3.8, 4) is 0 Å². The first-order valence-electron chi connectivity index (χ1n) is 5.85. The van der Waals surface area contributed by atoms with Gasteiger partial charge in [0.15, 0.2) is 0 Å². The Morgan fingerprint density at radius 2 is 2.26 bits per heavy atom. The van der Waals surface area contributed by atoms with Crippen LogP contribution in [0.25, 0.3) is 0 Å². The summed E-state index contributed by atoms with van der Waals surface area (Å²) in [5.74, 6) is 0.725. The number of carbonyl (C=O) groups excluding carboxylic acids is 1. The molecule has 0 aliphatic rings. The molecule has 2 amide bonds. The van der Waals surface area contributed by atoms with Gasteiger partial charge >= 0.3 is 6.03 Å². The van der Waals surface area contributed by atoms with Gasteiger partial charge in [-0.3, -0.25) is 5.32 Å². The number of aromatic nitrogens is 2. The van der Waals surface area contributed by atoms with Crippen molar-refractivity contribution in [2.24, 2.45) is 0 Å². The topological polar surface area (TPSA) is 80.0 Å². The number of rotatable bonds is 3. The van der Waals surface area contributed by atoms with Gasteiger partial charge in [0.2, 0.25) is 5.13 Å². The zero-order valence-corrected chi connectivity index (χ0v) is 11.9. The molecule has 0 fully saturated rings. The van der Waals surface area contributed by atoms with Gasteiger partial charge in [-0.15, -0.1) is 0 Å². The smallest absolute Gasteiger partial charge is 0.321 e. The minimum absolute atomic E-state index is 0.121. The van der Waals surface area contributed by atoms with Gasteiger partial charge in [-0.05, 0) is 6.07 Å². The van der Waals surface area contributed by atoms with E-state index in [0.717, 1.165) is 11.4 Å². The quantitative estimate of drug-likeness (QED) is 0.906. The number of furan rings is 1. The van der Waals surface area contributed by atoms with Crippen molar-refractivity contribution >= 4 is 22.7 Å². The van der Waals surface area contributed by atoms with E-state index >= 15 is 0 Å². The van der Waals surface area contributed by atoms with E-state index in [4.69, 9.17) is 4.42 Å². The van der Waals surface area contributed by atoms with Crippen LogP contribution in [-0.4, -0.2) is 15.4 Å². The molecule has 2 rings (SSSR count). The molecule has 0 bridgehead atoms. The van der Waals surface area contributed by atoms with E-state index in [1.165, 1.54) is 11.5 Å². The fraction of sp³-hybridized carbons (Fsp3) is 0.417. The Morgan fingerprint density at radius 3 is 2.84 bits per heavy atom. The normalized spacial score (nSPS) is 11.3. The maximum absolute atomic E-state index is 11.7. The van der Waals surface area contributed by atoms with Gasteiger partial charge in [-0.25, -0.2) is 9.78 Å². The molecule has 0 radical (unpaired) electrons. The Morgan fingerprint density at radius 1 is 1.47 bits per heavy atom. The van der Waals surface area contributed by atoms with Gasteiger partial charge in [0.25, 0.3) is 0 Å². The Balaban J connectivity index is 1.87. The second kappa shape index (κ2) is 5.40. The summed E-state index contributed by atoms with van der Waals surface area (Å²) in [7, 11) is 0. The fourth-order valence-corrected chi connectivity index (χ4v) is 2.05. The van der Waals surface area contributed by atoms with Gasteiger partial charge in [-0.2, -0.15) is 4.37 Å². The lowest BCUT2D eigenvalue weighted by atomic mass is 9.96. The molecule has 2 heterocycles. The molecule has 0 saturated carbocycles. The van der Waals surface area contributed by atoms with E-state index in [1.807, 2.05) is 20.8 Å². The molecule has 2 N–H and O–H groups in total. The third-order valence-electron chi connectivity index (χ3n) is 2.35. The van der Waals surface area contributed by atoms with Gasteiger partial charge in [0.1, 0.15) is 5.82 Å². The van der Waals surface area contributed by atoms with E-state index in [0.29, 0.717) is 11.7 Å². The average molecular weight is 280 g/mol. The van der Waals surface area contributed by atoms with Crippen LogP contribution >= 0.6 is 11.5 Å². The van der Waals surface area contributed by atoms with Crippen LogP contribution in [0.5, 0.6) is 0 Å². The summed E-state index contributed by atoms with van der Waals surface area (Å²) in [6.45, 7) is 6.49. The van der Waals surface area contributed by atoms with E-state index < -0.39 is 0 Å². The molecular weight excluding hydrogens is 264 g/mol. The number of anilines is 1. The maximum atomic E-state index is 11.7. The second-order valence-corrected chi connectivity index (χ2v) is 5.86. The molecular formula is C12H16N4O2S. The Hall–Kier alpha value is -1.89. The summed E-state index contributed by atoms with van der Waals surface area (Å²) in [4.78, 5) is 15.9. The summed E-state index contributed by atoms with van der Waals surface area (Å²) in [5.41, 5.74) is 0.784. The third-order valence-corrected chi connectivity index (χ3v) is 2.98. The highest BCUT2D eigenvalue weighted by Crippen LogP contribution is 2.22. The zero-order valence-electron chi connectivity index (χ0n) is 11.1. The van der Waals surface area contributed by atoms with Crippen LogP contribution in [0, 0.1) is 0 Å². The summed E-state index contributed by atoms with van der Waals surface area (Å²) in [5, 5.41) is 5.87. The van der Waals surface area contributed by atoms with Crippen molar-refractivity contribution in [1.29, 1.82) is 0 Å². The molecule has 0 unspecified atom stereocenters. The van der Waals surface area contributed by atoms with E-state index in [1.54, 1.807) is 18.6 Å². The van der Waals surface area contributed by atoms with Crippen LogP contribution in [-0.2, 0) is 12.0 Å². The monoisotopic (exact) mass is 280 g/mol. The summed E-state index contributed by atoms with van der Waals surface area (Å²) < 4.78 is 9.14. The van der Waals surface area contributed by atoms with Crippen molar-refractivity contribution < 1.29 is 9.21 Å². The SMILES string of the molecule is CC(C)(C)c1nsc(NC(=O)NCc2ccoc2)n1. The van der Waals surface area contributed by atoms with Crippen LogP contribution in [0.2, 0.25) is 0 Å². The first kappa shape index (κ1) is 13.5. The van der Waals surface area contributed by atoms with Crippen molar-refractivity contribution in [1.82, 2.24) is 14.7 Å². The first-order valence-corrected chi connectivity index (χ1v) is 6.62. The predicted octanol–water partition coefficient (Wildman–Crippen LogP) is 2.75. The highest BCUT2D eigenvalue weighted by atomic mass is 32.1. The summed E-state index contributed by atoms with van der Waals surface area (Å²) >= 11 is 1.18. The number of nitrogens with one attached hydrogen (secondary N) is 2. The Labute approximate surface area is 115 Å². The van der Waals surface area contributed by atoms with Crippen molar-refractivity contribution in [2.45, 2.75) is 32.7 Å². The van der Waals surface area contributed by atoms with E-state index in [-0.39, 0.29) is 11.4 Å². The predicted molar refractivity (Wildman–Crippen MR) is 73.2 cm³/mol. The van der Waals surface area contributed by atoms with Crippen LogP contribution < -0.4 is 10.6 Å². The number of hydrogen-bond acceptors (Lipinski definition) is 5. The van der Waals surface area contributed by atoms with E-state index in [9.17, 15) is 4.79 Å². The fourth-order valence-electron chi connectivity index (χ4n) is 1.30. The van der Waals surface area contributed by atoms with Gasteiger partial charge in [-0.1, -0.05) is 20.8 Å². The summed E-state index contributed by atoms with van der Waals surface area (Å²) in [6.07, 6.45) is 3.15. The van der Waals surface area contributed by atoms with Gasteiger partial charge in [0, 0.05) is 29.1 Å². The van der Waals surface area contributed by atoms with Gasteiger partial charge < -0.3 is 9.73 Å². The molecule has 2 aromatic heterocycles. The maximum Gasteiger partial charge on any atom is 0.321 e. The molecule has 0 atom stereocenters. The highest BCUT2D eigenvalue weighted by molar-refractivity contribution is 7.09. The minimum atomic E-state index is -0.308. The van der Waals surface area contributed by atoms with Crippen molar-refractivity contribution in [2.75, 3.05) is 5.32 Å². The lowest BCUT2D eigenvalue weighted by molar-refractivity contribution is 0.251. The molecule has 2 aromatic rings. The van der Waals surface area contributed by atoms with E-state index in [2.05, 4.69) is 20.0 Å². The molecule has 6 nitrogen and oxygen atoms in total. The molecule has 19 heavy (non-hydrogen) atoms. The number of amides is 2. The number of carbonyl (C=O) groups is 1. The molecule has 0 aliphatic carbocycles. The minimum Gasteiger partial charge on any atom is -0.472 e. The average Bonchev–Trinajstić information content (AvgIpc) is 2.95. The summed E-state index contributed by atoms with van der Waals surface area (Å²) in [6, 6.07) is 1.49. The van der Waals surface area contributed by atoms with Crippen molar-refractivity contribution in [3.63, 3.8) is 0 Å². The largest absolute Gasteiger partial charge is 0.472 e. The number of nitrogens with zero attached hydrogens (tertiary/aromatic N) is 2. The molecule has 0 saturated heterocycles. The molecule has 102 valence electrons. The van der Waals surface area contributed by atoms with Crippen LogP contribution in [0.15, 0.2) is 23.0 Å². The lowest BCUT2D eigenvalue weighted by Crippen LogP contribution is -2.28. The standard InChI is InChI=1S/C12H16N4O2S/c1-12(2,3)9-14-11(19-16-9)15-10(17)13-6-8-4-5-18-7-8/h4-5,7H,6H2,1-3H3,(H2,13,14,15,16,17). The third kappa shape index (κ3) is 3.78. The first-order chi connectivity index (χ1) is 8.95. The van der Waals surface area contributed by atoms with Gasteiger partial charge in [0.05, 0.1) is 12.5 Å². The molecule has 0 spiro atoms. The molecule has 0 aliphatic heterocycles. The number of urea groups is 1. The lowest BCUT2D eigenvalue weighted by Gasteiger charge is -2.12. The Kier molecular flexibility index (Phi) is 3.84. The van der Waals surface area contributed by atoms with Crippen LogP contribution in [0.4, 0.5) is 9.93 Å². The zero-order chi connectivity index (χ0) is 13.9. The number of hydrogen-bond donors (Lipinski definition) is 2. The molecule has 0 aromatic carbocycles. The van der Waals surface area contributed by atoms with Crippen LogP contribution in [0.1, 0.15) is 32.2 Å². The van der Waals surface area contributed by atoms with Crippen molar-refractivity contribution in [3.05, 3.63) is 30.0 Å². The molecule has 7 heteroatoms.